The fourth-order valence-electron chi connectivity index (χ4n) is 4.88. The minimum Gasteiger partial charge on any atom is -0.489 e. The van der Waals surface area contributed by atoms with Crippen LogP contribution in [0.4, 0.5) is 0 Å². The summed E-state index contributed by atoms with van der Waals surface area (Å²) in [6.07, 6.45) is 1.99. The van der Waals surface area contributed by atoms with Crippen LogP contribution in [0.25, 0.3) is 22.0 Å². The van der Waals surface area contributed by atoms with Crippen LogP contribution < -0.4 is 4.74 Å². The first-order valence-electron chi connectivity index (χ1n) is 11.9. The summed E-state index contributed by atoms with van der Waals surface area (Å²) in [4.78, 5) is 7.26. The number of rotatable bonds is 7. The van der Waals surface area contributed by atoms with E-state index in [1.165, 1.54) is 16.5 Å². The van der Waals surface area contributed by atoms with Gasteiger partial charge in [0.25, 0.3) is 0 Å². The first-order valence-corrected chi connectivity index (χ1v) is 11.9. The minimum atomic E-state index is -0.0559. The van der Waals surface area contributed by atoms with Gasteiger partial charge in [-0.05, 0) is 35.4 Å². The third kappa shape index (κ3) is 4.13. The van der Waals surface area contributed by atoms with Gasteiger partial charge in [-0.15, -0.1) is 0 Å². The van der Waals surface area contributed by atoms with Crippen molar-refractivity contribution >= 4 is 10.9 Å². The molecule has 170 valence electrons. The zero-order valence-corrected chi connectivity index (χ0v) is 19.3. The summed E-state index contributed by atoms with van der Waals surface area (Å²) >= 11 is 0. The minimum absolute atomic E-state index is 0.0559. The van der Waals surface area contributed by atoms with Gasteiger partial charge in [-0.2, -0.15) is 0 Å². The molecule has 2 heterocycles. The predicted octanol–water partition coefficient (Wildman–Crippen LogP) is 7.92. The van der Waals surface area contributed by atoms with Crippen LogP contribution in [0, 0.1) is 0 Å². The van der Waals surface area contributed by atoms with E-state index in [-0.39, 0.29) is 5.92 Å². The van der Waals surface area contributed by atoms with Gasteiger partial charge in [0.1, 0.15) is 12.4 Å². The van der Waals surface area contributed by atoms with Gasteiger partial charge in [0.05, 0.1) is 5.92 Å². The first kappa shape index (κ1) is 21.1. The molecule has 3 heteroatoms. The lowest BCUT2D eigenvalue weighted by Gasteiger charge is -2.21. The SMILES string of the molecule is c1ccc(COc2ccccc2[C@@H](c2ccc[nH]2)c2[nH]c3ccccc3c2-c2ccccc2)cc1. The number of benzene rings is 4. The Morgan fingerprint density at radius 2 is 1.37 bits per heavy atom. The summed E-state index contributed by atoms with van der Waals surface area (Å²) < 4.78 is 6.42. The van der Waals surface area contributed by atoms with E-state index >= 15 is 0 Å². The van der Waals surface area contributed by atoms with E-state index in [1.54, 1.807) is 0 Å². The maximum Gasteiger partial charge on any atom is 0.124 e. The van der Waals surface area contributed by atoms with Crippen LogP contribution in [0.3, 0.4) is 0 Å². The van der Waals surface area contributed by atoms with Gasteiger partial charge in [-0.1, -0.05) is 97.1 Å². The molecule has 1 atom stereocenters. The van der Waals surface area contributed by atoms with E-state index < -0.39 is 0 Å². The van der Waals surface area contributed by atoms with Crippen LogP contribution in [0.2, 0.25) is 0 Å². The van der Waals surface area contributed by atoms with Crippen molar-refractivity contribution in [2.24, 2.45) is 0 Å². The van der Waals surface area contributed by atoms with E-state index in [4.69, 9.17) is 4.74 Å². The molecule has 35 heavy (non-hydrogen) atoms. The fourth-order valence-corrected chi connectivity index (χ4v) is 4.88. The van der Waals surface area contributed by atoms with Gasteiger partial charge in [-0.25, -0.2) is 0 Å². The summed E-state index contributed by atoms with van der Waals surface area (Å²) in [7, 11) is 0. The van der Waals surface area contributed by atoms with Crippen LogP contribution in [-0.2, 0) is 6.61 Å². The second kappa shape index (κ2) is 9.40. The number of H-pyrrole nitrogens is 2. The molecule has 2 N–H and O–H groups in total. The standard InChI is InChI=1S/C32H26N2O/c1-3-12-23(13-4-1)22-35-29-20-10-8-17-26(29)31(28-19-11-21-33-28)32-30(24-14-5-2-6-15-24)25-16-7-9-18-27(25)34-32/h1-21,31,33-34H,22H2/t31-/m0/s1. The molecule has 0 saturated carbocycles. The Morgan fingerprint density at radius 1 is 0.657 bits per heavy atom. The normalized spacial score (nSPS) is 12.0. The van der Waals surface area contributed by atoms with Gasteiger partial charge in [0.15, 0.2) is 0 Å². The maximum absolute atomic E-state index is 6.42. The Morgan fingerprint density at radius 3 is 2.17 bits per heavy atom. The van der Waals surface area contributed by atoms with E-state index in [0.29, 0.717) is 6.61 Å². The summed E-state index contributed by atoms with van der Waals surface area (Å²) in [5, 5.41) is 1.22. The highest BCUT2D eigenvalue weighted by Gasteiger charge is 2.27. The third-order valence-corrected chi connectivity index (χ3v) is 6.49. The molecular weight excluding hydrogens is 428 g/mol. The monoisotopic (exact) mass is 454 g/mol. The quantitative estimate of drug-likeness (QED) is 0.253. The molecule has 0 radical (unpaired) electrons. The molecule has 0 amide bonds. The second-order valence-corrected chi connectivity index (χ2v) is 8.70. The number of nitrogens with one attached hydrogen (secondary N) is 2. The second-order valence-electron chi connectivity index (χ2n) is 8.70. The molecule has 0 saturated heterocycles. The molecule has 0 aliphatic rings. The first-order chi connectivity index (χ1) is 17.4. The van der Waals surface area contributed by atoms with Crippen LogP contribution in [0.1, 0.15) is 28.4 Å². The number of aromatic amines is 2. The lowest BCUT2D eigenvalue weighted by atomic mass is 9.87. The van der Waals surface area contributed by atoms with Gasteiger partial charge in [0.2, 0.25) is 0 Å². The lowest BCUT2D eigenvalue weighted by Crippen LogP contribution is -2.08. The molecule has 0 aliphatic heterocycles. The number of para-hydroxylation sites is 2. The summed E-state index contributed by atoms with van der Waals surface area (Å²) in [6, 6.07) is 42.0. The zero-order chi connectivity index (χ0) is 23.5. The van der Waals surface area contributed by atoms with Gasteiger partial charge < -0.3 is 14.7 Å². The lowest BCUT2D eigenvalue weighted by molar-refractivity contribution is 0.302. The van der Waals surface area contributed by atoms with E-state index in [1.807, 2.05) is 30.5 Å². The molecular formula is C32H26N2O. The number of fused-ring (bicyclic) bond motifs is 1. The molecule has 6 rings (SSSR count). The largest absolute Gasteiger partial charge is 0.489 e. The van der Waals surface area contributed by atoms with Crippen molar-refractivity contribution in [3.63, 3.8) is 0 Å². The summed E-state index contributed by atoms with van der Waals surface area (Å²) in [5.41, 5.74) is 8.07. The van der Waals surface area contributed by atoms with Crippen molar-refractivity contribution in [3.8, 4) is 16.9 Å². The summed E-state index contributed by atoms with van der Waals surface area (Å²) in [6.45, 7) is 0.521. The average Bonchev–Trinajstić information content (AvgIpc) is 3.58. The number of ether oxygens (including phenoxy) is 1. The number of hydrogen-bond donors (Lipinski definition) is 2. The fraction of sp³-hybridized carbons (Fsp3) is 0.0625. The molecule has 4 aromatic carbocycles. The Hall–Kier alpha value is -4.50. The van der Waals surface area contributed by atoms with Crippen molar-refractivity contribution in [1.82, 2.24) is 9.97 Å². The highest BCUT2D eigenvalue weighted by Crippen LogP contribution is 2.43. The Kier molecular flexibility index (Phi) is 5.65. The molecule has 0 spiro atoms. The third-order valence-electron chi connectivity index (χ3n) is 6.49. The van der Waals surface area contributed by atoms with Crippen molar-refractivity contribution in [1.29, 1.82) is 0 Å². The van der Waals surface area contributed by atoms with Gasteiger partial charge in [0, 0.05) is 39.6 Å². The topological polar surface area (TPSA) is 40.8 Å². The average molecular weight is 455 g/mol. The number of aromatic nitrogens is 2. The Bertz CT molecular complexity index is 1530. The van der Waals surface area contributed by atoms with Crippen LogP contribution in [-0.4, -0.2) is 9.97 Å². The maximum atomic E-state index is 6.42. The molecule has 0 bridgehead atoms. The van der Waals surface area contributed by atoms with Crippen molar-refractivity contribution in [2.45, 2.75) is 12.5 Å². The zero-order valence-electron chi connectivity index (χ0n) is 19.3. The smallest absolute Gasteiger partial charge is 0.124 e. The molecule has 3 nitrogen and oxygen atoms in total. The van der Waals surface area contributed by atoms with Crippen LogP contribution in [0.15, 0.2) is 128 Å². The predicted molar refractivity (Wildman–Crippen MR) is 143 cm³/mol. The van der Waals surface area contributed by atoms with E-state index in [9.17, 15) is 0 Å². The van der Waals surface area contributed by atoms with E-state index in [0.717, 1.165) is 33.8 Å². The van der Waals surface area contributed by atoms with Gasteiger partial charge >= 0.3 is 0 Å². The van der Waals surface area contributed by atoms with Crippen LogP contribution >= 0.6 is 0 Å². The highest BCUT2D eigenvalue weighted by atomic mass is 16.5. The summed E-state index contributed by atoms with van der Waals surface area (Å²) in [5.74, 6) is 0.827. The van der Waals surface area contributed by atoms with Crippen molar-refractivity contribution < 1.29 is 4.74 Å². The molecule has 6 aromatic rings. The molecule has 0 aliphatic carbocycles. The molecule has 0 fully saturated rings. The van der Waals surface area contributed by atoms with Gasteiger partial charge in [-0.3, -0.25) is 0 Å². The molecule has 0 unspecified atom stereocenters. The Balaban J connectivity index is 1.53. The van der Waals surface area contributed by atoms with Crippen LogP contribution in [0.5, 0.6) is 5.75 Å². The number of hydrogen-bond acceptors (Lipinski definition) is 1. The van der Waals surface area contributed by atoms with Crippen molar-refractivity contribution in [2.75, 3.05) is 0 Å². The van der Waals surface area contributed by atoms with E-state index in [2.05, 4.69) is 107 Å². The molecule has 2 aromatic heterocycles. The van der Waals surface area contributed by atoms with Crippen molar-refractivity contribution in [3.05, 3.63) is 150 Å². The Labute approximate surface area is 205 Å². The highest BCUT2D eigenvalue weighted by molar-refractivity contribution is 5.98.